The van der Waals surface area contributed by atoms with Crippen LogP contribution in [0.1, 0.15) is 19.5 Å². The van der Waals surface area contributed by atoms with Crippen LogP contribution in [0.5, 0.6) is 11.5 Å². The minimum absolute atomic E-state index is 0.584. The number of benzene rings is 1. The highest BCUT2D eigenvalue weighted by molar-refractivity contribution is 5.94. The third kappa shape index (κ3) is 3.63. The highest BCUT2D eigenvalue weighted by atomic mass is 16.5. The molecule has 1 aliphatic rings. The predicted octanol–water partition coefficient (Wildman–Crippen LogP) is 3.10. The molecule has 1 aromatic carbocycles. The highest BCUT2D eigenvalue weighted by Crippen LogP contribution is 2.36. The first kappa shape index (κ1) is 20.3. The number of fused-ring (bicyclic) bond motifs is 2. The Balaban J connectivity index is 1.43. The van der Waals surface area contributed by atoms with Crippen LogP contribution in [0.25, 0.3) is 16.7 Å². The molecule has 0 unspecified atom stereocenters. The third-order valence-corrected chi connectivity index (χ3v) is 5.69. The van der Waals surface area contributed by atoms with Crippen LogP contribution in [-0.4, -0.2) is 64.0 Å². The second kappa shape index (κ2) is 8.49. The van der Waals surface area contributed by atoms with Crippen molar-refractivity contribution in [2.24, 2.45) is 0 Å². The number of hydrogen-bond acceptors (Lipinski definition) is 8. The van der Waals surface area contributed by atoms with Gasteiger partial charge >= 0.3 is 0 Å². The van der Waals surface area contributed by atoms with Gasteiger partial charge in [-0.2, -0.15) is 14.6 Å². The highest BCUT2D eigenvalue weighted by Gasteiger charge is 2.22. The van der Waals surface area contributed by atoms with Gasteiger partial charge in [-0.25, -0.2) is 4.98 Å². The second-order valence-corrected chi connectivity index (χ2v) is 7.71. The van der Waals surface area contributed by atoms with E-state index in [1.165, 1.54) is 0 Å². The molecule has 1 aliphatic heterocycles. The van der Waals surface area contributed by atoms with Crippen molar-refractivity contribution in [1.82, 2.24) is 24.6 Å². The largest absolute Gasteiger partial charge is 0.490 e. The van der Waals surface area contributed by atoms with Crippen molar-refractivity contribution < 1.29 is 9.47 Å². The zero-order valence-corrected chi connectivity index (χ0v) is 18.7. The maximum absolute atomic E-state index is 5.86. The lowest BCUT2D eigenvalue weighted by atomic mass is 10.1. The maximum atomic E-state index is 5.86. The fraction of sp³-hybridized carbons (Fsp3) is 0.391. The summed E-state index contributed by atoms with van der Waals surface area (Å²) in [5.41, 5.74) is 3.01. The molecule has 0 amide bonds. The molecule has 4 heterocycles. The quantitative estimate of drug-likeness (QED) is 0.459. The van der Waals surface area contributed by atoms with Gasteiger partial charge in [-0.05, 0) is 32.9 Å². The summed E-state index contributed by atoms with van der Waals surface area (Å²) in [5, 5.41) is 5.43. The van der Waals surface area contributed by atoms with Crippen molar-refractivity contribution in [3.8, 4) is 11.5 Å². The van der Waals surface area contributed by atoms with E-state index in [1.807, 2.05) is 37.5 Å². The smallest absolute Gasteiger partial charge is 0.254 e. The van der Waals surface area contributed by atoms with Gasteiger partial charge in [0.1, 0.15) is 12.1 Å². The van der Waals surface area contributed by atoms with Crippen LogP contribution >= 0.6 is 0 Å². The van der Waals surface area contributed by atoms with E-state index < -0.39 is 0 Å². The van der Waals surface area contributed by atoms with E-state index in [1.54, 1.807) is 6.33 Å². The summed E-state index contributed by atoms with van der Waals surface area (Å²) in [7, 11) is 0. The molecule has 3 aromatic heterocycles. The van der Waals surface area contributed by atoms with Crippen LogP contribution in [-0.2, 0) is 0 Å². The van der Waals surface area contributed by atoms with Crippen molar-refractivity contribution in [3.63, 3.8) is 0 Å². The normalized spacial score (nSPS) is 14.3. The summed E-state index contributed by atoms with van der Waals surface area (Å²) in [6.07, 6.45) is 3.42. The molecule has 1 saturated heterocycles. The first-order chi connectivity index (χ1) is 15.7. The number of ether oxygens (including phenoxy) is 2. The summed E-state index contributed by atoms with van der Waals surface area (Å²) in [4.78, 5) is 18.0. The van der Waals surface area contributed by atoms with Gasteiger partial charge in [0, 0.05) is 61.3 Å². The average Bonchev–Trinajstić information content (AvgIpc) is 3.27. The van der Waals surface area contributed by atoms with Gasteiger partial charge in [0.15, 0.2) is 11.5 Å². The van der Waals surface area contributed by atoms with E-state index >= 15 is 0 Å². The number of piperazine rings is 1. The summed E-state index contributed by atoms with van der Waals surface area (Å²) < 4.78 is 13.5. The monoisotopic (exact) mass is 433 g/mol. The van der Waals surface area contributed by atoms with Crippen LogP contribution in [0, 0.1) is 6.92 Å². The van der Waals surface area contributed by atoms with Gasteiger partial charge in [0.25, 0.3) is 5.78 Å². The minimum Gasteiger partial charge on any atom is -0.490 e. The number of aryl methyl sites for hydroxylation is 1. The topological polar surface area (TPSA) is 80.9 Å². The summed E-state index contributed by atoms with van der Waals surface area (Å²) in [6.45, 7) is 10.6. The van der Waals surface area contributed by atoms with Crippen molar-refractivity contribution in [2.75, 3.05) is 49.2 Å². The Morgan fingerprint density at radius 3 is 2.38 bits per heavy atom. The molecule has 4 aromatic rings. The SMILES string of the molecule is CCOc1cc2nccc(N3CCN(c4cc(C)nc5ncnn45)CC3)c2cc1OCC. The Morgan fingerprint density at radius 1 is 0.906 bits per heavy atom. The van der Waals surface area contributed by atoms with Gasteiger partial charge < -0.3 is 19.3 Å². The lowest BCUT2D eigenvalue weighted by molar-refractivity contribution is 0.288. The van der Waals surface area contributed by atoms with E-state index in [0.29, 0.717) is 19.0 Å². The Bertz CT molecular complexity index is 1250. The molecule has 32 heavy (non-hydrogen) atoms. The molecular weight excluding hydrogens is 406 g/mol. The van der Waals surface area contributed by atoms with Crippen molar-refractivity contribution in [3.05, 3.63) is 42.5 Å². The molecule has 1 fully saturated rings. The van der Waals surface area contributed by atoms with E-state index in [9.17, 15) is 0 Å². The molecule has 0 saturated carbocycles. The second-order valence-electron chi connectivity index (χ2n) is 7.71. The van der Waals surface area contributed by atoms with Crippen LogP contribution in [0.3, 0.4) is 0 Å². The minimum atomic E-state index is 0.584. The van der Waals surface area contributed by atoms with E-state index in [0.717, 1.165) is 65.8 Å². The summed E-state index contributed by atoms with van der Waals surface area (Å²) >= 11 is 0. The van der Waals surface area contributed by atoms with Crippen LogP contribution < -0.4 is 19.3 Å². The molecule has 0 N–H and O–H groups in total. The van der Waals surface area contributed by atoms with Crippen molar-refractivity contribution >= 4 is 28.2 Å². The fourth-order valence-corrected chi connectivity index (χ4v) is 4.26. The molecular formula is C23H27N7O2. The molecule has 9 heteroatoms. The molecule has 0 bridgehead atoms. The number of nitrogens with zero attached hydrogens (tertiary/aromatic N) is 7. The number of rotatable bonds is 6. The molecule has 9 nitrogen and oxygen atoms in total. The van der Waals surface area contributed by atoms with Crippen LogP contribution in [0.2, 0.25) is 0 Å². The Labute approximate surface area is 186 Å². The van der Waals surface area contributed by atoms with Crippen molar-refractivity contribution in [2.45, 2.75) is 20.8 Å². The molecule has 166 valence electrons. The van der Waals surface area contributed by atoms with Crippen molar-refractivity contribution in [1.29, 1.82) is 0 Å². The molecule has 0 spiro atoms. The first-order valence-electron chi connectivity index (χ1n) is 11.0. The van der Waals surface area contributed by atoms with Gasteiger partial charge in [-0.1, -0.05) is 0 Å². The lowest BCUT2D eigenvalue weighted by Gasteiger charge is -2.37. The predicted molar refractivity (Wildman–Crippen MR) is 124 cm³/mol. The molecule has 0 atom stereocenters. The standard InChI is InChI=1S/C23H27N7O2/c1-4-31-20-13-17-18(14-21(20)32-5-2)24-7-6-19(17)28-8-10-29(11-9-28)22-12-16(3)27-23-25-15-26-30(22)23/h6-7,12-15H,4-5,8-11H2,1-3H3. The zero-order chi connectivity index (χ0) is 22.1. The average molecular weight is 434 g/mol. The molecule has 5 rings (SSSR count). The molecule has 0 radical (unpaired) electrons. The van der Waals surface area contributed by atoms with Gasteiger partial charge in [0.05, 0.1) is 18.7 Å². The van der Waals surface area contributed by atoms with E-state index in [2.05, 4.69) is 48.0 Å². The number of anilines is 2. The van der Waals surface area contributed by atoms with E-state index in [-0.39, 0.29) is 0 Å². The zero-order valence-electron chi connectivity index (χ0n) is 18.7. The fourth-order valence-electron chi connectivity index (χ4n) is 4.26. The van der Waals surface area contributed by atoms with Gasteiger partial charge in [0.2, 0.25) is 0 Å². The van der Waals surface area contributed by atoms with Gasteiger partial charge in [-0.3, -0.25) is 4.98 Å². The van der Waals surface area contributed by atoms with Crippen LogP contribution in [0.4, 0.5) is 11.5 Å². The Morgan fingerprint density at radius 2 is 1.62 bits per heavy atom. The third-order valence-electron chi connectivity index (χ3n) is 5.69. The Kier molecular flexibility index (Phi) is 5.38. The Hall–Kier alpha value is -3.62. The lowest BCUT2D eigenvalue weighted by Crippen LogP contribution is -2.47. The van der Waals surface area contributed by atoms with Gasteiger partial charge in [-0.15, -0.1) is 0 Å². The summed E-state index contributed by atoms with van der Waals surface area (Å²) in [6, 6.07) is 8.19. The first-order valence-corrected chi connectivity index (χ1v) is 11.0. The summed E-state index contributed by atoms with van der Waals surface area (Å²) in [5.74, 6) is 3.16. The van der Waals surface area contributed by atoms with E-state index in [4.69, 9.17) is 9.47 Å². The van der Waals surface area contributed by atoms with Crippen LogP contribution in [0.15, 0.2) is 36.8 Å². The number of pyridine rings is 1. The maximum Gasteiger partial charge on any atom is 0.254 e. The number of aromatic nitrogens is 5. The molecule has 0 aliphatic carbocycles. The number of hydrogen-bond donors (Lipinski definition) is 0.